The number of hydrogen-bond acceptors (Lipinski definition) is 5. The minimum Gasteiger partial charge on any atom is -0.478 e. The molecule has 3 N–H and O–H groups in total. The maximum Gasteiger partial charge on any atom is 0.336 e. The van der Waals surface area contributed by atoms with Crippen molar-refractivity contribution in [1.29, 1.82) is 0 Å². The number of aliphatic carboxylic acids is 1. The number of ketones is 1. The predicted octanol–water partition coefficient (Wildman–Crippen LogP) is 1.33. The number of carbonyl (C=O) groups excluding carboxylic acids is 1. The molecule has 1 unspecified atom stereocenters. The van der Waals surface area contributed by atoms with E-state index in [1.54, 1.807) is 43.2 Å². The summed E-state index contributed by atoms with van der Waals surface area (Å²) in [6, 6.07) is 6.72. The number of halogens is 1. The van der Waals surface area contributed by atoms with Crippen LogP contribution in [0.2, 0.25) is 5.02 Å². The highest BCUT2D eigenvalue weighted by atomic mass is 35.5. The van der Waals surface area contributed by atoms with Gasteiger partial charge in [-0.05, 0) is 19.1 Å². The van der Waals surface area contributed by atoms with Crippen molar-refractivity contribution in [3.05, 3.63) is 46.1 Å². The summed E-state index contributed by atoms with van der Waals surface area (Å²) < 4.78 is 0. The molecule has 0 amide bonds. The van der Waals surface area contributed by atoms with Gasteiger partial charge in [-0.15, -0.1) is 0 Å². The van der Waals surface area contributed by atoms with Gasteiger partial charge in [0.15, 0.2) is 5.78 Å². The number of benzene rings is 1. The Labute approximate surface area is 127 Å². The number of hydrazine groups is 1. The van der Waals surface area contributed by atoms with Gasteiger partial charge < -0.3 is 15.8 Å². The molecule has 6 nitrogen and oxygen atoms in total. The summed E-state index contributed by atoms with van der Waals surface area (Å²) in [5.74, 6) is -1.30. The van der Waals surface area contributed by atoms with Crippen LogP contribution in [-0.2, 0) is 4.79 Å². The van der Waals surface area contributed by atoms with E-state index in [4.69, 9.17) is 17.3 Å². The highest BCUT2D eigenvalue weighted by Crippen LogP contribution is 2.26. The first kappa shape index (κ1) is 15.5. The van der Waals surface area contributed by atoms with Crippen LogP contribution < -0.4 is 5.73 Å². The second-order valence-corrected chi connectivity index (χ2v) is 5.18. The van der Waals surface area contributed by atoms with Crippen LogP contribution in [0.3, 0.4) is 0 Å². The Morgan fingerprint density at radius 2 is 2.00 bits per heavy atom. The molecule has 0 radical (unpaired) electrons. The lowest BCUT2D eigenvalue weighted by Crippen LogP contribution is -2.48. The molecule has 0 aliphatic carbocycles. The van der Waals surface area contributed by atoms with E-state index in [2.05, 4.69) is 0 Å². The summed E-state index contributed by atoms with van der Waals surface area (Å²) >= 11 is 6.00. The van der Waals surface area contributed by atoms with Crippen molar-refractivity contribution < 1.29 is 14.7 Å². The Kier molecular flexibility index (Phi) is 4.32. The van der Waals surface area contributed by atoms with E-state index in [0.29, 0.717) is 16.3 Å². The summed E-state index contributed by atoms with van der Waals surface area (Å²) in [4.78, 5) is 23.5. The molecule has 21 heavy (non-hydrogen) atoms. The van der Waals surface area contributed by atoms with Crippen LogP contribution in [-0.4, -0.2) is 46.6 Å². The molecule has 0 saturated heterocycles. The zero-order chi connectivity index (χ0) is 15.7. The maximum atomic E-state index is 12.3. The highest BCUT2D eigenvalue weighted by Gasteiger charge is 2.37. The minimum atomic E-state index is -1.08. The number of Topliss-reactive ketones (excluding diaryl/α,β-unsaturated/α-hetero) is 1. The normalized spacial score (nSPS) is 19.2. The van der Waals surface area contributed by atoms with E-state index >= 15 is 0 Å². The molecule has 7 heteroatoms. The van der Waals surface area contributed by atoms with Gasteiger partial charge in [0.05, 0.1) is 17.1 Å². The van der Waals surface area contributed by atoms with Gasteiger partial charge >= 0.3 is 5.97 Å². The molecule has 1 atom stereocenters. The number of hydrogen-bond donors (Lipinski definition) is 2. The van der Waals surface area contributed by atoms with Crippen molar-refractivity contribution >= 4 is 23.4 Å². The molecule has 0 saturated carbocycles. The summed E-state index contributed by atoms with van der Waals surface area (Å²) in [6.45, 7) is 1.61. The van der Waals surface area contributed by atoms with Crippen LogP contribution in [0.25, 0.3) is 0 Å². The van der Waals surface area contributed by atoms with E-state index < -0.39 is 12.1 Å². The number of rotatable bonds is 4. The zero-order valence-electron chi connectivity index (χ0n) is 11.7. The summed E-state index contributed by atoms with van der Waals surface area (Å²) in [7, 11) is 1.67. The number of allylic oxidation sites excluding steroid dienone is 1. The Balaban J connectivity index is 2.21. The topological polar surface area (TPSA) is 86.9 Å². The van der Waals surface area contributed by atoms with Crippen molar-refractivity contribution in [2.45, 2.75) is 13.1 Å². The Morgan fingerprint density at radius 3 is 2.52 bits per heavy atom. The van der Waals surface area contributed by atoms with Crippen LogP contribution >= 0.6 is 11.6 Å². The fraction of sp³-hybridized carbons (Fsp3) is 0.286. The molecule has 112 valence electrons. The van der Waals surface area contributed by atoms with Gasteiger partial charge in [0.1, 0.15) is 6.17 Å². The number of carbonyl (C=O) groups is 2. The smallest absolute Gasteiger partial charge is 0.336 e. The first-order valence-electron chi connectivity index (χ1n) is 6.32. The van der Waals surface area contributed by atoms with Gasteiger partial charge in [0.2, 0.25) is 0 Å². The van der Waals surface area contributed by atoms with Crippen LogP contribution in [0.15, 0.2) is 35.5 Å². The number of carboxylic acid groups (broad SMARTS) is 1. The molecule has 2 rings (SSSR count). The fourth-order valence-electron chi connectivity index (χ4n) is 2.32. The SMILES string of the molecule is CC1=C(C(=O)O)C(N)N(CC(=O)c2ccccc2Cl)N1C. The average molecular weight is 310 g/mol. The third-order valence-corrected chi connectivity index (χ3v) is 3.92. The van der Waals surface area contributed by atoms with Crippen molar-refractivity contribution in [2.75, 3.05) is 13.6 Å². The second kappa shape index (κ2) is 5.85. The molecular weight excluding hydrogens is 294 g/mol. The van der Waals surface area contributed by atoms with Crippen molar-refractivity contribution in [3.8, 4) is 0 Å². The molecule has 0 aromatic heterocycles. The molecule has 1 aliphatic heterocycles. The van der Waals surface area contributed by atoms with Crippen LogP contribution in [0.4, 0.5) is 0 Å². The molecule has 0 fully saturated rings. The Morgan fingerprint density at radius 1 is 1.38 bits per heavy atom. The fourth-order valence-corrected chi connectivity index (χ4v) is 2.56. The molecule has 0 bridgehead atoms. The maximum absolute atomic E-state index is 12.3. The van der Waals surface area contributed by atoms with E-state index in [9.17, 15) is 14.7 Å². The van der Waals surface area contributed by atoms with Gasteiger partial charge in [-0.25, -0.2) is 4.79 Å². The standard InChI is InChI=1S/C14H16ClN3O3/c1-8-12(14(20)21)13(16)18(17(8)2)7-11(19)9-5-3-4-6-10(9)15/h3-6,13H,7,16H2,1-2H3,(H,20,21). The van der Waals surface area contributed by atoms with E-state index in [-0.39, 0.29) is 17.9 Å². The lowest BCUT2D eigenvalue weighted by molar-refractivity contribution is -0.133. The largest absolute Gasteiger partial charge is 0.478 e. The van der Waals surface area contributed by atoms with Crippen LogP contribution in [0, 0.1) is 0 Å². The molecule has 1 heterocycles. The zero-order valence-corrected chi connectivity index (χ0v) is 12.5. The van der Waals surface area contributed by atoms with E-state index in [1.807, 2.05) is 0 Å². The van der Waals surface area contributed by atoms with Crippen LogP contribution in [0.1, 0.15) is 17.3 Å². The quantitative estimate of drug-likeness (QED) is 0.816. The lowest BCUT2D eigenvalue weighted by atomic mass is 10.1. The first-order chi connectivity index (χ1) is 9.84. The predicted molar refractivity (Wildman–Crippen MR) is 78.6 cm³/mol. The summed E-state index contributed by atoms with van der Waals surface area (Å²) in [5, 5.41) is 12.6. The molecule has 1 aliphatic rings. The molecule has 1 aromatic carbocycles. The van der Waals surface area contributed by atoms with Crippen LogP contribution in [0.5, 0.6) is 0 Å². The monoisotopic (exact) mass is 309 g/mol. The first-order valence-corrected chi connectivity index (χ1v) is 6.70. The molecular formula is C14H16ClN3O3. The number of nitrogens with two attached hydrogens (primary N) is 1. The van der Waals surface area contributed by atoms with E-state index in [1.165, 1.54) is 5.01 Å². The van der Waals surface area contributed by atoms with Gasteiger partial charge in [-0.3, -0.25) is 4.79 Å². The highest BCUT2D eigenvalue weighted by molar-refractivity contribution is 6.34. The van der Waals surface area contributed by atoms with Gasteiger partial charge in [0.25, 0.3) is 0 Å². The summed E-state index contributed by atoms with van der Waals surface area (Å²) in [5.41, 5.74) is 6.92. The Bertz CT molecular complexity index is 630. The van der Waals surface area contributed by atoms with Gasteiger partial charge in [0, 0.05) is 18.3 Å². The second-order valence-electron chi connectivity index (χ2n) is 4.77. The summed E-state index contributed by atoms with van der Waals surface area (Å²) in [6.07, 6.45) is -0.862. The van der Waals surface area contributed by atoms with Gasteiger partial charge in [-0.1, -0.05) is 23.7 Å². The average Bonchev–Trinajstić information content (AvgIpc) is 2.63. The third-order valence-electron chi connectivity index (χ3n) is 3.59. The Hall–Kier alpha value is -1.89. The van der Waals surface area contributed by atoms with Crippen molar-refractivity contribution in [2.24, 2.45) is 5.73 Å². The molecule has 1 aromatic rings. The number of nitrogens with zero attached hydrogens (tertiary/aromatic N) is 2. The van der Waals surface area contributed by atoms with E-state index in [0.717, 1.165) is 0 Å². The van der Waals surface area contributed by atoms with Crippen molar-refractivity contribution in [3.63, 3.8) is 0 Å². The number of carboxylic acids is 1. The minimum absolute atomic E-state index is 0.0461. The third kappa shape index (κ3) is 2.78. The molecule has 0 spiro atoms. The van der Waals surface area contributed by atoms with Gasteiger partial charge in [-0.2, -0.15) is 5.01 Å². The van der Waals surface area contributed by atoms with Crippen molar-refractivity contribution in [1.82, 2.24) is 10.0 Å². The lowest BCUT2D eigenvalue weighted by Gasteiger charge is -2.29.